The van der Waals surface area contributed by atoms with E-state index in [2.05, 4.69) is 12.2 Å². The van der Waals surface area contributed by atoms with Crippen LogP contribution in [0.5, 0.6) is 5.75 Å². The normalized spacial score (nSPS) is 14.1. The summed E-state index contributed by atoms with van der Waals surface area (Å²) in [5, 5.41) is 12.8. The van der Waals surface area contributed by atoms with Crippen molar-refractivity contribution in [3.05, 3.63) is 29.8 Å². The van der Waals surface area contributed by atoms with Gasteiger partial charge in [-0.2, -0.15) is 0 Å². The fourth-order valence-electron chi connectivity index (χ4n) is 1.71. The standard InChI is InChI=1S/C15H25NO3/c1-4-8-16-15(2,11-17)12-19-14-7-5-6-13(9-14)10-18-3/h5-7,9,16-17H,4,8,10-12H2,1-3H3. The summed E-state index contributed by atoms with van der Waals surface area (Å²) in [4.78, 5) is 0. The van der Waals surface area contributed by atoms with Gasteiger partial charge >= 0.3 is 0 Å². The molecule has 0 saturated carbocycles. The van der Waals surface area contributed by atoms with Crippen LogP contribution in [0.3, 0.4) is 0 Å². The summed E-state index contributed by atoms with van der Waals surface area (Å²) in [5.74, 6) is 0.799. The molecule has 0 fully saturated rings. The zero-order valence-electron chi connectivity index (χ0n) is 12.1. The second kappa shape index (κ2) is 8.15. The summed E-state index contributed by atoms with van der Waals surface area (Å²) in [7, 11) is 1.67. The van der Waals surface area contributed by atoms with Crippen LogP contribution in [-0.4, -0.2) is 37.5 Å². The molecule has 1 rings (SSSR count). The number of benzene rings is 1. The predicted molar refractivity (Wildman–Crippen MR) is 76.4 cm³/mol. The van der Waals surface area contributed by atoms with Crippen LogP contribution in [0.1, 0.15) is 25.8 Å². The van der Waals surface area contributed by atoms with Crippen LogP contribution in [0.25, 0.3) is 0 Å². The molecule has 0 radical (unpaired) electrons. The van der Waals surface area contributed by atoms with Crippen molar-refractivity contribution in [1.82, 2.24) is 5.32 Å². The highest BCUT2D eigenvalue weighted by molar-refractivity contribution is 5.28. The summed E-state index contributed by atoms with van der Waals surface area (Å²) in [6.45, 7) is 5.97. The fraction of sp³-hybridized carbons (Fsp3) is 0.600. The van der Waals surface area contributed by atoms with E-state index in [1.807, 2.05) is 31.2 Å². The highest BCUT2D eigenvalue weighted by Crippen LogP contribution is 2.16. The van der Waals surface area contributed by atoms with E-state index in [1.165, 1.54) is 0 Å². The van der Waals surface area contributed by atoms with Gasteiger partial charge in [0.25, 0.3) is 0 Å². The lowest BCUT2D eigenvalue weighted by atomic mass is 10.1. The highest BCUT2D eigenvalue weighted by atomic mass is 16.5. The molecule has 0 aliphatic rings. The second-order valence-electron chi connectivity index (χ2n) is 5.01. The van der Waals surface area contributed by atoms with Crippen molar-refractivity contribution in [2.75, 3.05) is 26.9 Å². The molecule has 2 N–H and O–H groups in total. The number of hydrogen-bond acceptors (Lipinski definition) is 4. The summed E-state index contributed by atoms with van der Waals surface area (Å²) < 4.78 is 10.9. The third-order valence-electron chi connectivity index (χ3n) is 2.92. The van der Waals surface area contributed by atoms with Crippen molar-refractivity contribution in [3.8, 4) is 5.75 Å². The molecular formula is C15H25NO3. The summed E-state index contributed by atoms with van der Waals surface area (Å²) in [6.07, 6.45) is 1.03. The van der Waals surface area contributed by atoms with E-state index in [-0.39, 0.29) is 6.61 Å². The molecule has 108 valence electrons. The van der Waals surface area contributed by atoms with Crippen molar-refractivity contribution in [2.24, 2.45) is 0 Å². The van der Waals surface area contributed by atoms with Gasteiger partial charge in [0.2, 0.25) is 0 Å². The van der Waals surface area contributed by atoms with E-state index in [0.29, 0.717) is 13.2 Å². The summed E-state index contributed by atoms with van der Waals surface area (Å²) in [5.41, 5.74) is 0.667. The maximum Gasteiger partial charge on any atom is 0.119 e. The minimum Gasteiger partial charge on any atom is -0.492 e. The lowest BCUT2D eigenvalue weighted by Gasteiger charge is -2.28. The Balaban J connectivity index is 2.56. The average Bonchev–Trinajstić information content (AvgIpc) is 2.44. The van der Waals surface area contributed by atoms with Crippen LogP contribution < -0.4 is 10.1 Å². The Labute approximate surface area is 115 Å². The summed E-state index contributed by atoms with van der Waals surface area (Å²) >= 11 is 0. The molecule has 0 bridgehead atoms. The Bertz CT molecular complexity index is 370. The number of aliphatic hydroxyl groups is 1. The van der Waals surface area contributed by atoms with Crippen LogP contribution in [-0.2, 0) is 11.3 Å². The quantitative estimate of drug-likeness (QED) is 0.718. The average molecular weight is 267 g/mol. The molecule has 0 aliphatic heterocycles. The zero-order valence-corrected chi connectivity index (χ0v) is 12.1. The van der Waals surface area contributed by atoms with Gasteiger partial charge in [-0.3, -0.25) is 0 Å². The molecule has 4 heteroatoms. The third-order valence-corrected chi connectivity index (χ3v) is 2.92. The lowest BCUT2D eigenvalue weighted by Crippen LogP contribution is -2.50. The van der Waals surface area contributed by atoms with Gasteiger partial charge in [0.05, 0.1) is 18.8 Å². The van der Waals surface area contributed by atoms with Gasteiger partial charge in [-0.15, -0.1) is 0 Å². The van der Waals surface area contributed by atoms with E-state index in [1.54, 1.807) is 7.11 Å². The van der Waals surface area contributed by atoms with E-state index >= 15 is 0 Å². The molecule has 19 heavy (non-hydrogen) atoms. The van der Waals surface area contributed by atoms with Gasteiger partial charge in [0.15, 0.2) is 0 Å². The topological polar surface area (TPSA) is 50.7 Å². The molecule has 1 unspecified atom stereocenters. The van der Waals surface area contributed by atoms with E-state index in [0.717, 1.165) is 24.3 Å². The van der Waals surface area contributed by atoms with Crippen LogP contribution in [0.4, 0.5) is 0 Å². The monoisotopic (exact) mass is 267 g/mol. The first kappa shape index (κ1) is 16.0. The molecule has 0 spiro atoms. The Morgan fingerprint density at radius 2 is 2.16 bits per heavy atom. The zero-order chi connectivity index (χ0) is 14.1. The molecule has 4 nitrogen and oxygen atoms in total. The molecule has 0 aromatic heterocycles. The highest BCUT2D eigenvalue weighted by Gasteiger charge is 2.23. The Morgan fingerprint density at radius 3 is 2.79 bits per heavy atom. The van der Waals surface area contributed by atoms with Crippen LogP contribution >= 0.6 is 0 Å². The van der Waals surface area contributed by atoms with Crippen molar-refractivity contribution < 1.29 is 14.6 Å². The number of nitrogens with one attached hydrogen (secondary N) is 1. The largest absolute Gasteiger partial charge is 0.492 e. The molecule has 1 atom stereocenters. The molecule has 0 amide bonds. The predicted octanol–water partition coefficient (Wildman–Crippen LogP) is 1.96. The van der Waals surface area contributed by atoms with Crippen LogP contribution in [0.15, 0.2) is 24.3 Å². The van der Waals surface area contributed by atoms with Gasteiger partial charge < -0.3 is 19.9 Å². The van der Waals surface area contributed by atoms with Crippen LogP contribution in [0, 0.1) is 0 Å². The van der Waals surface area contributed by atoms with E-state index in [9.17, 15) is 5.11 Å². The third kappa shape index (κ3) is 5.59. The molecule has 0 aliphatic carbocycles. The first-order valence-corrected chi connectivity index (χ1v) is 6.70. The number of ether oxygens (including phenoxy) is 2. The molecule has 0 heterocycles. The van der Waals surface area contributed by atoms with Crippen molar-refractivity contribution in [2.45, 2.75) is 32.4 Å². The Kier molecular flexibility index (Phi) is 6.84. The minimum atomic E-state index is -0.409. The number of methoxy groups -OCH3 is 1. The number of rotatable bonds is 9. The first-order valence-electron chi connectivity index (χ1n) is 6.70. The smallest absolute Gasteiger partial charge is 0.119 e. The lowest BCUT2D eigenvalue weighted by molar-refractivity contribution is 0.116. The van der Waals surface area contributed by atoms with E-state index < -0.39 is 5.54 Å². The maximum atomic E-state index is 9.47. The number of hydrogen-bond donors (Lipinski definition) is 2. The van der Waals surface area contributed by atoms with Gasteiger partial charge in [0, 0.05) is 7.11 Å². The SMILES string of the molecule is CCCNC(C)(CO)COc1cccc(COC)c1. The molecule has 1 aromatic carbocycles. The molecular weight excluding hydrogens is 242 g/mol. The van der Waals surface area contributed by atoms with Crippen LogP contribution in [0.2, 0.25) is 0 Å². The van der Waals surface area contributed by atoms with Crippen molar-refractivity contribution in [3.63, 3.8) is 0 Å². The Morgan fingerprint density at radius 1 is 1.37 bits per heavy atom. The maximum absolute atomic E-state index is 9.47. The van der Waals surface area contributed by atoms with Gasteiger partial charge in [0.1, 0.15) is 12.4 Å². The summed E-state index contributed by atoms with van der Waals surface area (Å²) in [6, 6.07) is 7.81. The Hall–Kier alpha value is -1.10. The van der Waals surface area contributed by atoms with Crippen molar-refractivity contribution in [1.29, 1.82) is 0 Å². The van der Waals surface area contributed by atoms with E-state index in [4.69, 9.17) is 9.47 Å². The molecule has 1 aromatic rings. The van der Waals surface area contributed by atoms with Gasteiger partial charge in [-0.05, 0) is 37.6 Å². The van der Waals surface area contributed by atoms with Gasteiger partial charge in [-0.1, -0.05) is 19.1 Å². The first-order chi connectivity index (χ1) is 9.13. The number of aliphatic hydroxyl groups excluding tert-OH is 1. The molecule has 0 saturated heterocycles. The fourth-order valence-corrected chi connectivity index (χ4v) is 1.71. The second-order valence-corrected chi connectivity index (χ2v) is 5.01. The van der Waals surface area contributed by atoms with Gasteiger partial charge in [-0.25, -0.2) is 0 Å². The minimum absolute atomic E-state index is 0.0464. The van der Waals surface area contributed by atoms with Crippen molar-refractivity contribution >= 4 is 0 Å².